The predicted octanol–water partition coefficient (Wildman–Crippen LogP) is 3.87. The minimum absolute atomic E-state index is 0.171. The molecule has 2 heterocycles. The molecule has 1 fully saturated rings. The molecule has 0 spiro atoms. The van der Waals surface area contributed by atoms with Crippen LogP contribution >= 0.6 is 0 Å². The fourth-order valence-electron chi connectivity index (χ4n) is 3.92. The van der Waals surface area contributed by atoms with Crippen LogP contribution in [0.2, 0.25) is 0 Å². The molecule has 2 aromatic carbocycles. The van der Waals surface area contributed by atoms with E-state index in [-0.39, 0.29) is 12.5 Å². The minimum Gasteiger partial charge on any atom is -0.324 e. The second-order valence-corrected chi connectivity index (χ2v) is 8.78. The molecule has 0 bridgehead atoms. The van der Waals surface area contributed by atoms with E-state index in [0.717, 1.165) is 10.5 Å². The third kappa shape index (κ3) is 4.00. The van der Waals surface area contributed by atoms with Crippen molar-refractivity contribution in [1.29, 1.82) is 0 Å². The molecule has 1 N–H and O–H groups in total. The van der Waals surface area contributed by atoms with Gasteiger partial charge in [0.2, 0.25) is 5.91 Å². The molecule has 2 aromatic rings. The highest BCUT2D eigenvalue weighted by Gasteiger charge is 2.55. The zero-order valence-electron chi connectivity index (χ0n) is 18.6. The Labute approximate surface area is 187 Å². The van der Waals surface area contributed by atoms with Crippen LogP contribution in [0.3, 0.4) is 0 Å². The fourth-order valence-corrected chi connectivity index (χ4v) is 3.92. The van der Waals surface area contributed by atoms with E-state index >= 15 is 0 Å². The molecule has 0 unspecified atom stereocenters. The van der Waals surface area contributed by atoms with Crippen LogP contribution in [0.1, 0.15) is 50.7 Å². The summed E-state index contributed by atoms with van der Waals surface area (Å²) in [6.45, 7) is 8.19. The molecule has 0 saturated carbocycles. The lowest BCUT2D eigenvalue weighted by atomic mass is 10.0. The normalized spacial score (nSPS) is 19.9. The Morgan fingerprint density at radius 2 is 1.47 bits per heavy atom. The lowest BCUT2D eigenvalue weighted by molar-refractivity contribution is -0.123. The van der Waals surface area contributed by atoms with Gasteiger partial charge in [-0.25, -0.2) is 4.90 Å². The van der Waals surface area contributed by atoms with Gasteiger partial charge >= 0.3 is 0 Å². The summed E-state index contributed by atoms with van der Waals surface area (Å²) in [5.41, 5.74) is 3.46. The van der Waals surface area contributed by atoms with Crippen molar-refractivity contribution in [3.63, 3.8) is 0 Å². The summed E-state index contributed by atoms with van der Waals surface area (Å²) in [7, 11) is 0. The Balaban J connectivity index is 1.44. The fraction of sp³-hybridized carbons (Fsp3) is 0.375. The average molecular weight is 434 g/mol. The maximum atomic E-state index is 13.1. The van der Waals surface area contributed by atoms with Gasteiger partial charge in [0.05, 0.1) is 5.69 Å². The Morgan fingerprint density at radius 1 is 0.906 bits per heavy atom. The number of hydrogen-bond donors (Lipinski definition) is 1. The third-order valence-corrected chi connectivity index (χ3v) is 5.84. The van der Waals surface area contributed by atoms with Gasteiger partial charge in [0.25, 0.3) is 11.8 Å². The third-order valence-electron chi connectivity index (χ3n) is 5.84. The Kier molecular flexibility index (Phi) is 5.78. The van der Waals surface area contributed by atoms with E-state index in [1.807, 2.05) is 36.4 Å². The minimum atomic E-state index is -0.926. The largest absolute Gasteiger partial charge is 0.324 e. The molecule has 2 atom stereocenters. The van der Waals surface area contributed by atoms with E-state index in [1.54, 1.807) is 12.1 Å². The zero-order valence-corrected chi connectivity index (χ0v) is 18.6. The summed E-state index contributed by atoms with van der Waals surface area (Å²) in [6.07, 6.45) is 0. The first kappa shape index (κ1) is 21.7. The number of carbonyl (C=O) groups is 3. The number of carbonyl (C=O) groups excluding carboxylic acids is 3. The first-order chi connectivity index (χ1) is 15.3. The van der Waals surface area contributed by atoms with Gasteiger partial charge in [-0.2, -0.15) is 5.11 Å². The van der Waals surface area contributed by atoms with E-state index in [9.17, 15) is 14.4 Å². The Bertz CT molecular complexity index is 1060. The van der Waals surface area contributed by atoms with Crippen molar-refractivity contribution < 1.29 is 14.4 Å². The van der Waals surface area contributed by atoms with Crippen molar-refractivity contribution >= 4 is 29.1 Å². The monoisotopic (exact) mass is 433 g/mol. The molecule has 3 amide bonds. The maximum Gasteiger partial charge on any atom is 0.263 e. The number of nitrogens with zero attached hydrogens (tertiary/aromatic N) is 4. The van der Waals surface area contributed by atoms with Crippen LogP contribution in [0.25, 0.3) is 0 Å². The van der Waals surface area contributed by atoms with Crippen LogP contribution < -0.4 is 10.2 Å². The maximum absolute atomic E-state index is 13.1. The van der Waals surface area contributed by atoms with Crippen molar-refractivity contribution in [1.82, 2.24) is 5.01 Å². The summed E-state index contributed by atoms with van der Waals surface area (Å²) in [4.78, 5) is 39.6. The predicted molar refractivity (Wildman–Crippen MR) is 121 cm³/mol. The zero-order chi connectivity index (χ0) is 23.0. The summed E-state index contributed by atoms with van der Waals surface area (Å²) in [6, 6.07) is 13.1. The van der Waals surface area contributed by atoms with Gasteiger partial charge in [-0.1, -0.05) is 57.2 Å². The number of anilines is 2. The molecule has 2 aliphatic heterocycles. The first-order valence-corrected chi connectivity index (χ1v) is 10.8. The highest BCUT2D eigenvalue weighted by molar-refractivity contribution is 6.25. The summed E-state index contributed by atoms with van der Waals surface area (Å²) in [5.74, 6) is -0.429. The van der Waals surface area contributed by atoms with Crippen LogP contribution in [0, 0.1) is 0 Å². The second-order valence-electron chi connectivity index (χ2n) is 8.78. The molecule has 2 aliphatic rings. The SMILES string of the molecule is CC(C)c1ccc(NC(=O)CN2N=N[C@H]3C(=O)N(c4ccc(C(C)C)cc4)C(=O)[C@@H]32)cc1. The highest BCUT2D eigenvalue weighted by Crippen LogP contribution is 2.32. The highest BCUT2D eigenvalue weighted by atomic mass is 16.2. The summed E-state index contributed by atoms with van der Waals surface area (Å²) < 4.78 is 0. The molecule has 32 heavy (non-hydrogen) atoms. The number of hydrogen-bond acceptors (Lipinski definition) is 6. The van der Waals surface area contributed by atoms with Gasteiger partial charge in [-0.05, 0) is 47.2 Å². The van der Waals surface area contributed by atoms with Gasteiger partial charge in [0.1, 0.15) is 6.54 Å². The number of amides is 3. The van der Waals surface area contributed by atoms with Gasteiger partial charge in [0, 0.05) is 5.69 Å². The topological polar surface area (TPSA) is 94.4 Å². The molecular formula is C24H27N5O3. The number of imide groups is 1. The summed E-state index contributed by atoms with van der Waals surface area (Å²) in [5, 5.41) is 12.0. The van der Waals surface area contributed by atoms with E-state index in [1.165, 1.54) is 10.6 Å². The molecule has 0 aliphatic carbocycles. The number of benzene rings is 2. The first-order valence-electron chi connectivity index (χ1n) is 10.8. The van der Waals surface area contributed by atoms with Crippen LogP contribution in [-0.2, 0) is 14.4 Å². The van der Waals surface area contributed by atoms with Crippen molar-refractivity contribution in [2.24, 2.45) is 10.3 Å². The van der Waals surface area contributed by atoms with Crippen molar-refractivity contribution in [2.75, 3.05) is 16.8 Å². The lowest BCUT2D eigenvalue weighted by Gasteiger charge is -2.20. The van der Waals surface area contributed by atoms with E-state index in [2.05, 4.69) is 43.3 Å². The second kappa shape index (κ2) is 8.53. The molecule has 0 aromatic heterocycles. The van der Waals surface area contributed by atoms with Crippen LogP contribution in [0.5, 0.6) is 0 Å². The average Bonchev–Trinajstić information content (AvgIpc) is 3.28. The number of fused-ring (bicyclic) bond motifs is 1. The van der Waals surface area contributed by atoms with Crippen molar-refractivity contribution in [2.45, 2.75) is 51.6 Å². The molecule has 1 saturated heterocycles. The van der Waals surface area contributed by atoms with Gasteiger partial charge in [-0.15, -0.1) is 0 Å². The van der Waals surface area contributed by atoms with Crippen molar-refractivity contribution in [3.05, 3.63) is 59.7 Å². The molecule has 8 nitrogen and oxygen atoms in total. The molecule has 166 valence electrons. The van der Waals surface area contributed by atoms with Gasteiger partial charge in [0.15, 0.2) is 12.1 Å². The van der Waals surface area contributed by atoms with Gasteiger partial charge < -0.3 is 5.32 Å². The Morgan fingerprint density at radius 3 is 2.03 bits per heavy atom. The van der Waals surface area contributed by atoms with Crippen LogP contribution in [-0.4, -0.2) is 41.4 Å². The van der Waals surface area contributed by atoms with Crippen LogP contribution in [0.15, 0.2) is 58.9 Å². The molecular weight excluding hydrogens is 406 g/mol. The summed E-state index contributed by atoms with van der Waals surface area (Å²) >= 11 is 0. The molecule has 8 heteroatoms. The molecule has 0 radical (unpaired) electrons. The standard InChI is InChI=1S/C24H27N5O3/c1-14(2)16-5-9-18(10-6-16)25-20(30)13-28-22-21(26-27-28)23(31)29(24(22)32)19-11-7-17(8-12-19)15(3)4/h5-12,14-15,21-22H,13H2,1-4H3,(H,25,30)/t21-,22-/m1/s1. The molecule has 4 rings (SSSR count). The van der Waals surface area contributed by atoms with E-state index < -0.39 is 23.9 Å². The lowest BCUT2D eigenvalue weighted by Crippen LogP contribution is -2.43. The van der Waals surface area contributed by atoms with E-state index in [4.69, 9.17) is 0 Å². The number of nitrogens with one attached hydrogen (secondary N) is 1. The van der Waals surface area contributed by atoms with Gasteiger partial charge in [-0.3, -0.25) is 19.4 Å². The smallest absolute Gasteiger partial charge is 0.263 e. The van der Waals surface area contributed by atoms with Crippen LogP contribution in [0.4, 0.5) is 11.4 Å². The number of rotatable bonds is 6. The van der Waals surface area contributed by atoms with E-state index in [0.29, 0.717) is 23.2 Å². The Hall–Kier alpha value is -3.55. The quantitative estimate of drug-likeness (QED) is 0.700. The van der Waals surface area contributed by atoms with Crippen molar-refractivity contribution in [3.8, 4) is 0 Å².